The molecule has 0 amide bonds. The summed E-state index contributed by atoms with van der Waals surface area (Å²) in [5, 5.41) is 0. The minimum absolute atomic E-state index is 0.436. The van der Waals surface area contributed by atoms with Gasteiger partial charge in [-0.25, -0.2) is 9.97 Å². The van der Waals surface area contributed by atoms with Gasteiger partial charge in [-0.2, -0.15) is 0 Å². The first-order valence-electron chi connectivity index (χ1n) is 5.76. The van der Waals surface area contributed by atoms with Crippen LogP contribution in [0.2, 0.25) is 0 Å². The van der Waals surface area contributed by atoms with Crippen LogP contribution in [0.25, 0.3) is 0 Å². The number of nitrogens with zero attached hydrogens (tertiary/aromatic N) is 2. The molecule has 0 saturated carbocycles. The molecule has 1 aromatic carbocycles. The Morgan fingerprint density at radius 3 is 2.72 bits per heavy atom. The number of halogens is 1. The fourth-order valence-corrected chi connectivity index (χ4v) is 2.69. The highest BCUT2D eigenvalue weighted by Gasteiger charge is 2.03. The molecule has 0 N–H and O–H groups in total. The average molecular weight is 279 g/mol. The van der Waals surface area contributed by atoms with E-state index in [0.29, 0.717) is 5.88 Å². The van der Waals surface area contributed by atoms with E-state index in [4.69, 9.17) is 11.6 Å². The van der Waals surface area contributed by atoms with Gasteiger partial charge in [0.1, 0.15) is 5.82 Å². The predicted molar refractivity (Wildman–Crippen MR) is 77.1 cm³/mol. The molecule has 2 aromatic rings. The summed E-state index contributed by atoms with van der Waals surface area (Å²) in [5.41, 5.74) is 3.14. The number of benzene rings is 1. The summed E-state index contributed by atoms with van der Waals surface area (Å²) in [6.45, 7) is 4.07. The monoisotopic (exact) mass is 278 g/mol. The lowest BCUT2D eigenvalue weighted by atomic mass is 10.2. The maximum Gasteiger partial charge on any atom is 0.139 e. The largest absolute Gasteiger partial charge is 0.237 e. The van der Waals surface area contributed by atoms with Crippen molar-refractivity contribution in [2.45, 2.75) is 30.4 Å². The number of aromatic nitrogens is 2. The van der Waals surface area contributed by atoms with Crippen molar-refractivity contribution in [2.24, 2.45) is 0 Å². The number of hydrogen-bond acceptors (Lipinski definition) is 3. The van der Waals surface area contributed by atoms with Gasteiger partial charge >= 0.3 is 0 Å². The summed E-state index contributed by atoms with van der Waals surface area (Å²) >= 11 is 7.56. The molecule has 18 heavy (non-hydrogen) atoms. The molecule has 0 saturated heterocycles. The van der Waals surface area contributed by atoms with Crippen molar-refractivity contribution in [3.05, 3.63) is 53.1 Å². The lowest BCUT2D eigenvalue weighted by Gasteiger charge is -2.04. The lowest BCUT2D eigenvalue weighted by Crippen LogP contribution is -1.98. The van der Waals surface area contributed by atoms with Crippen LogP contribution in [0.3, 0.4) is 0 Å². The first-order chi connectivity index (χ1) is 8.67. The Morgan fingerprint density at radius 2 is 2.00 bits per heavy atom. The molecule has 0 spiro atoms. The van der Waals surface area contributed by atoms with Gasteiger partial charge in [0.25, 0.3) is 0 Å². The van der Waals surface area contributed by atoms with Gasteiger partial charge in [0.05, 0.1) is 17.3 Å². The van der Waals surface area contributed by atoms with E-state index in [1.807, 2.05) is 13.0 Å². The van der Waals surface area contributed by atoms with E-state index in [9.17, 15) is 0 Å². The molecule has 4 heteroatoms. The topological polar surface area (TPSA) is 25.8 Å². The number of hydrogen-bond donors (Lipinski definition) is 0. The Hall–Kier alpha value is -1.06. The standard InChI is InChI=1S/C14H15ClN2S/c1-10-4-3-5-13(6-10)18-9-14-16-11(2)7-12(8-15)17-14/h3-7H,8-9H2,1-2H3. The second kappa shape index (κ2) is 6.21. The fourth-order valence-electron chi connectivity index (χ4n) is 1.69. The van der Waals surface area contributed by atoms with E-state index in [1.165, 1.54) is 10.5 Å². The Labute approximate surface area is 117 Å². The summed E-state index contributed by atoms with van der Waals surface area (Å²) in [7, 11) is 0. The van der Waals surface area contributed by atoms with E-state index < -0.39 is 0 Å². The van der Waals surface area contributed by atoms with Crippen molar-refractivity contribution in [1.29, 1.82) is 0 Å². The summed E-state index contributed by atoms with van der Waals surface area (Å²) in [4.78, 5) is 10.1. The van der Waals surface area contributed by atoms with Crippen molar-refractivity contribution in [2.75, 3.05) is 0 Å². The number of thioether (sulfide) groups is 1. The third kappa shape index (κ3) is 3.72. The Bertz CT molecular complexity index is 543. The third-order valence-electron chi connectivity index (χ3n) is 2.45. The third-order valence-corrected chi connectivity index (χ3v) is 3.71. The normalized spacial score (nSPS) is 10.6. The van der Waals surface area contributed by atoms with Crippen LogP contribution in [0.15, 0.2) is 35.2 Å². The van der Waals surface area contributed by atoms with Crippen molar-refractivity contribution < 1.29 is 0 Å². The van der Waals surface area contributed by atoms with Gasteiger partial charge < -0.3 is 0 Å². The van der Waals surface area contributed by atoms with E-state index in [2.05, 4.69) is 41.2 Å². The highest BCUT2D eigenvalue weighted by Crippen LogP contribution is 2.22. The van der Waals surface area contributed by atoms with Crippen LogP contribution in [0.5, 0.6) is 0 Å². The second-order valence-electron chi connectivity index (χ2n) is 4.16. The maximum absolute atomic E-state index is 5.81. The van der Waals surface area contributed by atoms with Crippen LogP contribution in [0, 0.1) is 13.8 Å². The molecular weight excluding hydrogens is 264 g/mol. The number of rotatable bonds is 4. The molecule has 1 aromatic heterocycles. The predicted octanol–water partition coefficient (Wildman–Crippen LogP) is 4.12. The number of alkyl halides is 1. The lowest BCUT2D eigenvalue weighted by molar-refractivity contribution is 0.955. The molecule has 0 bridgehead atoms. The molecule has 0 aliphatic carbocycles. The molecule has 2 nitrogen and oxygen atoms in total. The minimum Gasteiger partial charge on any atom is -0.237 e. The zero-order chi connectivity index (χ0) is 13.0. The average Bonchev–Trinajstić information content (AvgIpc) is 2.36. The second-order valence-corrected chi connectivity index (χ2v) is 5.47. The van der Waals surface area contributed by atoms with Crippen molar-refractivity contribution in [1.82, 2.24) is 9.97 Å². The molecule has 0 aliphatic rings. The van der Waals surface area contributed by atoms with E-state index >= 15 is 0 Å². The van der Waals surface area contributed by atoms with Crippen LogP contribution in [0.1, 0.15) is 22.8 Å². The van der Waals surface area contributed by atoms with Gasteiger partial charge in [-0.3, -0.25) is 0 Å². The zero-order valence-corrected chi connectivity index (χ0v) is 12.1. The van der Waals surface area contributed by atoms with E-state index in [1.54, 1.807) is 11.8 Å². The van der Waals surface area contributed by atoms with Crippen LogP contribution < -0.4 is 0 Å². The molecule has 0 unspecified atom stereocenters. The first-order valence-corrected chi connectivity index (χ1v) is 7.28. The first kappa shape index (κ1) is 13.4. The molecule has 1 heterocycles. The number of aryl methyl sites for hydroxylation is 2. The van der Waals surface area contributed by atoms with Crippen molar-refractivity contribution in [3.8, 4) is 0 Å². The maximum atomic E-state index is 5.81. The summed E-state index contributed by atoms with van der Waals surface area (Å²) in [6, 6.07) is 10.4. The Balaban J connectivity index is 2.08. The molecule has 0 aliphatic heterocycles. The molecule has 2 rings (SSSR count). The van der Waals surface area contributed by atoms with Crippen molar-refractivity contribution in [3.63, 3.8) is 0 Å². The summed E-state index contributed by atoms with van der Waals surface area (Å²) in [6.07, 6.45) is 0. The smallest absolute Gasteiger partial charge is 0.139 e. The minimum atomic E-state index is 0.436. The Kier molecular flexibility index (Phi) is 4.61. The highest BCUT2D eigenvalue weighted by molar-refractivity contribution is 7.98. The van der Waals surface area contributed by atoms with Gasteiger partial charge in [-0.15, -0.1) is 23.4 Å². The fraction of sp³-hybridized carbons (Fsp3) is 0.286. The molecule has 0 radical (unpaired) electrons. The van der Waals surface area contributed by atoms with Crippen LogP contribution in [0.4, 0.5) is 0 Å². The van der Waals surface area contributed by atoms with Crippen LogP contribution in [-0.4, -0.2) is 9.97 Å². The van der Waals surface area contributed by atoms with E-state index in [-0.39, 0.29) is 0 Å². The molecule has 0 fully saturated rings. The molecule has 0 atom stereocenters. The van der Waals surface area contributed by atoms with Crippen LogP contribution >= 0.6 is 23.4 Å². The Morgan fingerprint density at radius 1 is 1.17 bits per heavy atom. The molecule has 94 valence electrons. The SMILES string of the molecule is Cc1cccc(SCc2nc(C)cc(CCl)n2)c1. The highest BCUT2D eigenvalue weighted by atomic mass is 35.5. The van der Waals surface area contributed by atoms with Gasteiger partial charge in [-0.1, -0.05) is 17.7 Å². The van der Waals surface area contributed by atoms with Gasteiger partial charge in [0.2, 0.25) is 0 Å². The summed E-state index contributed by atoms with van der Waals surface area (Å²) < 4.78 is 0. The zero-order valence-electron chi connectivity index (χ0n) is 10.5. The van der Waals surface area contributed by atoms with Crippen LogP contribution in [-0.2, 0) is 11.6 Å². The van der Waals surface area contributed by atoms with Crippen molar-refractivity contribution >= 4 is 23.4 Å². The van der Waals surface area contributed by atoms with E-state index in [0.717, 1.165) is 23.0 Å². The quantitative estimate of drug-likeness (QED) is 0.621. The molecular formula is C14H15ClN2S. The van der Waals surface area contributed by atoms with Gasteiger partial charge in [0.15, 0.2) is 0 Å². The summed E-state index contributed by atoms with van der Waals surface area (Å²) in [5.74, 6) is 2.05. The van der Waals surface area contributed by atoms with Gasteiger partial charge in [0, 0.05) is 10.6 Å². The van der Waals surface area contributed by atoms with Gasteiger partial charge in [-0.05, 0) is 32.0 Å².